The predicted octanol–water partition coefficient (Wildman–Crippen LogP) is 7.12. The van der Waals surface area contributed by atoms with Crippen LogP contribution in [0.2, 0.25) is 0 Å². The van der Waals surface area contributed by atoms with Crippen molar-refractivity contribution in [3.8, 4) is 17.2 Å². The lowest BCUT2D eigenvalue weighted by Crippen LogP contribution is -2.27. The Morgan fingerprint density at radius 2 is 1.65 bits per heavy atom. The molecule has 1 N–H and O–H groups in total. The Morgan fingerprint density at radius 3 is 2.21 bits per heavy atom. The summed E-state index contributed by atoms with van der Waals surface area (Å²) in [6.45, 7) is 16.4. The van der Waals surface area contributed by atoms with Gasteiger partial charge in [0.05, 0.1) is 7.11 Å². The summed E-state index contributed by atoms with van der Waals surface area (Å²) in [5.41, 5.74) is 3.41. The lowest BCUT2D eigenvalue weighted by atomic mass is 9.95. The summed E-state index contributed by atoms with van der Waals surface area (Å²) in [6.07, 6.45) is 0.720. The molecule has 186 valence electrons. The molecule has 0 aromatic heterocycles. The Morgan fingerprint density at radius 1 is 1.00 bits per heavy atom. The molecule has 2 aromatic carbocycles. The number of anilines is 1. The maximum absolute atomic E-state index is 12.5. The van der Waals surface area contributed by atoms with Crippen LogP contribution in [0.5, 0.6) is 17.2 Å². The van der Waals surface area contributed by atoms with Crippen molar-refractivity contribution in [2.75, 3.05) is 26.5 Å². The number of carbonyl (C=O) groups excluding carboxylic acids is 1. The molecule has 0 heterocycles. The maximum Gasteiger partial charge on any atom is 0.229 e. The van der Waals surface area contributed by atoms with Gasteiger partial charge in [-0.05, 0) is 35.9 Å². The monoisotopic (exact) mass is 484 g/mol. The molecule has 6 heteroatoms. The number of benzene rings is 2. The first kappa shape index (κ1) is 27.6. The lowest BCUT2D eigenvalue weighted by Gasteiger charge is -2.22. The van der Waals surface area contributed by atoms with E-state index in [1.165, 1.54) is 0 Å². The number of hydrogen-bond acceptors (Lipinski definition) is 5. The third kappa shape index (κ3) is 8.32. The fraction of sp³-hybridized carbons (Fsp3) is 0.464. The van der Waals surface area contributed by atoms with Crippen LogP contribution in [0.25, 0.3) is 0 Å². The summed E-state index contributed by atoms with van der Waals surface area (Å²) in [4.78, 5) is 14.5. The Hall–Kier alpha value is -2.60. The van der Waals surface area contributed by atoms with Crippen LogP contribution in [0.3, 0.4) is 0 Å². The Kier molecular flexibility index (Phi) is 9.12. The summed E-state index contributed by atoms with van der Waals surface area (Å²) in [5.74, 6) is 2.79. The van der Waals surface area contributed by atoms with Crippen molar-refractivity contribution in [2.45, 2.75) is 58.5 Å². The van der Waals surface area contributed by atoms with E-state index in [9.17, 15) is 4.79 Å². The van der Waals surface area contributed by atoms with Gasteiger partial charge < -0.3 is 19.7 Å². The number of nitrogens with one attached hydrogen (secondary N) is 1. The average Bonchev–Trinajstić information content (AvgIpc) is 2.72. The van der Waals surface area contributed by atoms with Crippen molar-refractivity contribution < 1.29 is 14.3 Å². The summed E-state index contributed by atoms with van der Waals surface area (Å²) >= 11 is 1.83. The molecule has 0 fully saturated rings. The number of hydrogen-bond donors (Lipinski definition) is 1. The Labute approximate surface area is 209 Å². The standard InChI is InChI=1S/C28H40N2O3S/c1-19(30(8)9)15-20-11-13-24(32-10)25(16-20)33-23-14-12-22(29-26(31)27(2,3)4)17-21(23)18-34-28(5,6)7/h11-14,16-17H,1,15,18H2,2-10H3,(H,29,31). The highest BCUT2D eigenvalue weighted by Gasteiger charge is 2.22. The largest absolute Gasteiger partial charge is 0.493 e. The van der Waals surface area contributed by atoms with E-state index in [1.807, 2.05) is 87.9 Å². The van der Waals surface area contributed by atoms with Crippen molar-refractivity contribution in [1.82, 2.24) is 4.90 Å². The zero-order valence-electron chi connectivity index (χ0n) is 22.2. The van der Waals surface area contributed by atoms with Gasteiger partial charge in [-0.15, -0.1) is 0 Å². The van der Waals surface area contributed by atoms with Gasteiger partial charge >= 0.3 is 0 Å². The highest BCUT2D eigenvalue weighted by molar-refractivity contribution is 7.99. The third-order valence-corrected chi connectivity index (χ3v) is 6.47. The summed E-state index contributed by atoms with van der Waals surface area (Å²) in [5, 5.41) is 3.03. The van der Waals surface area contributed by atoms with Crippen molar-refractivity contribution in [3.05, 3.63) is 59.8 Å². The predicted molar refractivity (Wildman–Crippen MR) is 145 cm³/mol. The fourth-order valence-corrected chi connectivity index (χ4v) is 3.72. The minimum Gasteiger partial charge on any atom is -0.493 e. The zero-order valence-corrected chi connectivity index (χ0v) is 23.0. The number of thioether (sulfide) groups is 1. The molecular formula is C28H40N2O3S. The number of amides is 1. The molecule has 2 aromatic rings. The van der Waals surface area contributed by atoms with Gasteiger partial charge in [0.15, 0.2) is 11.5 Å². The molecule has 0 radical (unpaired) electrons. The summed E-state index contributed by atoms with van der Waals surface area (Å²) < 4.78 is 12.1. The van der Waals surface area contributed by atoms with E-state index < -0.39 is 5.41 Å². The summed E-state index contributed by atoms with van der Waals surface area (Å²) in [6, 6.07) is 11.8. The average molecular weight is 485 g/mol. The van der Waals surface area contributed by atoms with Crippen molar-refractivity contribution in [2.24, 2.45) is 5.41 Å². The number of carbonyl (C=O) groups is 1. The Bertz CT molecular complexity index is 1020. The van der Waals surface area contributed by atoms with E-state index in [2.05, 4.69) is 32.7 Å². The van der Waals surface area contributed by atoms with Gasteiger partial charge in [-0.1, -0.05) is 54.2 Å². The first-order valence-electron chi connectivity index (χ1n) is 11.5. The highest BCUT2D eigenvalue weighted by atomic mass is 32.2. The molecule has 0 atom stereocenters. The van der Waals surface area contributed by atoms with E-state index >= 15 is 0 Å². The molecule has 34 heavy (non-hydrogen) atoms. The van der Waals surface area contributed by atoms with Gasteiger partial charge in [-0.2, -0.15) is 11.8 Å². The molecule has 5 nitrogen and oxygen atoms in total. The second-order valence-corrected chi connectivity index (χ2v) is 12.5. The number of allylic oxidation sites excluding steroid dienone is 1. The Balaban J connectivity index is 2.40. The SMILES string of the molecule is C=C(Cc1ccc(OC)c(Oc2ccc(NC(=O)C(C)(C)C)cc2CSC(C)(C)C)c1)N(C)C. The van der Waals surface area contributed by atoms with Crippen LogP contribution < -0.4 is 14.8 Å². The number of methoxy groups -OCH3 is 1. The van der Waals surface area contributed by atoms with E-state index in [-0.39, 0.29) is 10.7 Å². The van der Waals surface area contributed by atoms with E-state index in [1.54, 1.807) is 7.11 Å². The number of likely N-dealkylation sites (N-methyl/N-ethyl adjacent to an activating group) is 1. The van der Waals surface area contributed by atoms with Crippen LogP contribution in [0, 0.1) is 5.41 Å². The molecule has 0 aliphatic carbocycles. The first-order chi connectivity index (χ1) is 15.7. The van der Waals surface area contributed by atoms with Crippen LogP contribution >= 0.6 is 11.8 Å². The number of rotatable bonds is 9. The maximum atomic E-state index is 12.5. The lowest BCUT2D eigenvalue weighted by molar-refractivity contribution is -0.123. The second kappa shape index (κ2) is 11.2. The molecule has 0 saturated heterocycles. The number of nitrogens with zero attached hydrogens (tertiary/aromatic N) is 1. The highest BCUT2D eigenvalue weighted by Crippen LogP contribution is 2.38. The minimum absolute atomic E-state index is 0.0221. The van der Waals surface area contributed by atoms with Crippen LogP contribution in [-0.4, -0.2) is 36.8 Å². The van der Waals surface area contributed by atoms with Gasteiger partial charge in [0, 0.05) is 53.4 Å². The quantitative estimate of drug-likeness (QED) is 0.410. The number of ether oxygens (including phenoxy) is 2. The fourth-order valence-electron chi connectivity index (χ4n) is 2.91. The third-order valence-electron chi connectivity index (χ3n) is 5.15. The van der Waals surface area contributed by atoms with Crippen LogP contribution in [0.4, 0.5) is 5.69 Å². The van der Waals surface area contributed by atoms with E-state index in [0.717, 1.165) is 40.4 Å². The normalized spacial score (nSPS) is 11.7. The van der Waals surface area contributed by atoms with Crippen LogP contribution in [0.15, 0.2) is 48.7 Å². The molecule has 0 bridgehead atoms. The van der Waals surface area contributed by atoms with Crippen molar-refractivity contribution >= 4 is 23.4 Å². The molecule has 0 saturated carbocycles. The molecule has 0 aliphatic rings. The molecule has 2 rings (SSSR count). The van der Waals surface area contributed by atoms with Crippen molar-refractivity contribution in [1.29, 1.82) is 0 Å². The van der Waals surface area contributed by atoms with Gasteiger partial charge in [0.1, 0.15) is 5.75 Å². The van der Waals surface area contributed by atoms with E-state index in [4.69, 9.17) is 9.47 Å². The van der Waals surface area contributed by atoms with Crippen molar-refractivity contribution in [3.63, 3.8) is 0 Å². The molecule has 1 amide bonds. The molecule has 0 spiro atoms. The van der Waals surface area contributed by atoms with Gasteiger partial charge in [-0.25, -0.2) is 0 Å². The second-order valence-electron chi connectivity index (χ2n) is 10.7. The first-order valence-corrected chi connectivity index (χ1v) is 12.5. The summed E-state index contributed by atoms with van der Waals surface area (Å²) in [7, 11) is 5.62. The topological polar surface area (TPSA) is 50.8 Å². The minimum atomic E-state index is -0.472. The molecule has 0 unspecified atom stereocenters. The molecular weight excluding hydrogens is 444 g/mol. The smallest absolute Gasteiger partial charge is 0.229 e. The van der Waals surface area contributed by atoms with E-state index in [0.29, 0.717) is 11.5 Å². The van der Waals surface area contributed by atoms with Crippen LogP contribution in [0.1, 0.15) is 52.7 Å². The van der Waals surface area contributed by atoms with Gasteiger partial charge in [0.2, 0.25) is 5.91 Å². The molecule has 0 aliphatic heterocycles. The zero-order chi connectivity index (χ0) is 25.7. The van der Waals surface area contributed by atoms with Gasteiger partial charge in [0.25, 0.3) is 0 Å². The van der Waals surface area contributed by atoms with Gasteiger partial charge in [-0.3, -0.25) is 4.79 Å². The van der Waals surface area contributed by atoms with Crippen LogP contribution in [-0.2, 0) is 17.0 Å².